The molecule has 6 nitrogen and oxygen atoms in total. The summed E-state index contributed by atoms with van der Waals surface area (Å²) in [5.74, 6) is 0.778. The van der Waals surface area contributed by atoms with Crippen molar-refractivity contribution in [3.63, 3.8) is 0 Å². The Bertz CT molecular complexity index is 1280. The first-order valence-corrected chi connectivity index (χ1v) is 12.0. The molecule has 0 aliphatic carbocycles. The molecule has 0 radical (unpaired) electrons. The minimum absolute atomic E-state index is 0.109. The third kappa shape index (κ3) is 4.87. The summed E-state index contributed by atoms with van der Waals surface area (Å²) in [6.45, 7) is 4.72. The van der Waals surface area contributed by atoms with Crippen molar-refractivity contribution >= 4 is 39.2 Å². The Labute approximate surface area is 194 Å². The van der Waals surface area contributed by atoms with Crippen LogP contribution in [0, 0.1) is 13.8 Å². The van der Waals surface area contributed by atoms with Gasteiger partial charge in [-0.25, -0.2) is 4.98 Å². The summed E-state index contributed by atoms with van der Waals surface area (Å²) >= 11 is 2.76. The molecule has 0 saturated heterocycles. The summed E-state index contributed by atoms with van der Waals surface area (Å²) in [4.78, 5) is 32.3. The quantitative estimate of drug-likeness (QED) is 0.238. The molecule has 32 heavy (non-hydrogen) atoms. The Morgan fingerprint density at radius 3 is 2.50 bits per heavy atom. The Balaban J connectivity index is 1.48. The van der Waals surface area contributed by atoms with Crippen molar-refractivity contribution in [1.82, 2.24) is 14.9 Å². The fourth-order valence-electron chi connectivity index (χ4n) is 3.23. The predicted octanol–water partition coefficient (Wildman–Crippen LogP) is 4.35. The lowest BCUT2D eigenvalue weighted by atomic mass is 10.2. The summed E-state index contributed by atoms with van der Waals surface area (Å²) < 4.78 is 7.19. The molecule has 164 valence electrons. The molecule has 4 rings (SSSR count). The second-order valence-corrected chi connectivity index (χ2v) is 9.28. The largest absolute Gasteiger partial charge is 0.492 e. The van der Waals surface area contributed by atoms with Gasteiger partial charge in [-0.1, -0.05) is 48.2 Å². The summed E-state index contributed by atoms with van der Waals surface area (Å²) in [6, 6.07) is 18.9. The summed E-state index contributed by atoms with van der Waals surface area (Å²) in [5, 5.41) is 4.00. The molecule has 0 aliphatic heterocycles. The fraction of sp³-hybridized carbons (Fsp3) is 0.208. The lowest BCUT2D eigenvalue weighted by molar-refractivity contribution is -0.118. The SMILES string of the molecule is Cc1sc2nc(SCC(=O)NCCOc3ccccc3)n(-c3ccccc3)c(=O)c2c1C. The first-order chi connectivity index (χ1) is 15.5. The van der Waals surface area contributed by atoms with Gasteiger partial charge in [0.25, 0.3) is 5.56 Å². The lowest BCUT2D eigenvalue weighted by Gasteiger charge is -2.12. The number of ether oxygens (including phenoxy) is 1. The van der Waals surface area contributed by atoms with E-state index in [4.69, 9.17) is 9.72 Å². The van der Waals surface area contributed by atoms with Crippen LogP contribution < -0.4 is 15.6 Å². The molecule has 0 atom stereocenters. The number of aromatic nitrogens is 2. The number of thiophene rings is 1. The number of nitrogens with one attached hydrogen (secondary N) is 1. The van der Waals surface area contributed by atoms with Crippen LogP contribution in [0.2, 0.25) is 0 Å². The molecule has 0 spiro atoms. The van der Waals surface area contributed by atoms with Gasteiger partial charge in [0, 0.05) is 4.88 Å². The first-order valence-electron chi connectivity index (χ1n) is 10.2. The Hall–Kier alpha value is -3.10. The molecule has 1 amide bonds. The van der Waals surface area contributed by atoms with Gasteiger partial charge in [-0.2, -0.15) is 0 Å². The number of rotatable bonds is 8. The number of nitrogens with zero attached hydrogens (tertiary/aromatic N) is 2. The molecular formula is C24H23N3O3S2. The van der Waals surface area contributed by atoms with Gasteiger partial charge in [0.1, 0.15) is 17.2 Å². The number of amides is 1. The van der Waals surface area contributed by atoms with Gasteiger partial charge in [0.05, 0.1) is 23.4 Å². The van der Waals surface area contributed by atoms with Crippen LogP contribution >= 0.6 is 23.1 Å². The smallest absolute Gasteiger partial charge is 0.267 e. The third-order valence-corrected chi connectivity index (χ3v) is 6.99. The number of carbonyl (C=O) groups excluding carboxylic acids is 1. The van der Waals surface area contributed by atoms with E-state index in [-0.39, 0.29) is 17.2 Å². The van der Waals surface area contributed by atoms with Crippen LogP contribution in [-0.4, -0.2) is 34.4 Å². The van der Waals surface area contributed by atoms with E-state index in [1.54, 1.807) is 4.57 Å². The molecule has 2 heterocycles. The zero-order valence-corrected chi connectivity index (χ0v) is 19.5. The van der Waals surface area contributed by atoms with E-state index in [0.717, 1.165) is 21.9 Å². The maximum absolute atomic E-state index is 13.4. The molecule has 0 saturated carbocycles. The van der Waals surface area contributed by atoms with Gasteiger partial charge in [0.15, 0.2) is 5.16 Å². The number of benzene rings is 2. The Morgan fingerprint density at radius 1 is 1.09 bits per heavy atom. The van der Waals surface area contributed by atoms with Crippen molar-refractivity contribution in [3.8, 4) is 11.4 Å². The first kappa shape index (κ1) is 22.1. The van der Waals surface area contributed by atoms with E-state index in [0.29, 0.717) is 28.5 Å². The number of para-hydroxylation sites is 2. The molecule has 1 N–H and O–H groups in total. The number of aryl methyl sites for hydroxylation is 2. The molecular weight excluding hydrogens is 442 g/mol. The van der Waals surface area contributed by atoms with E-state index in [9.17, 15) is 9.59 Å². The standard InChI is InChI=1S/C24H23N3O3S2/c1-16-17(2)32-22-21(16)23(29)27(18-9-5-3-6-10-18)24(26-22)31-15-20(28)25-13-14-30-19-11-7-4-8-12-19/h3-12H,13-15H2,1-2H3,(H,25,28). The summed E-state index contributed by atoms with van der Waals surface area (Å²) in [7, 11) is 0. The highest BCUT2D eigenvalue weighted by Crippen LogP contribution is 2.29. The Morgan fingerprint density at radius 2 is 1.78 bits per heavy atom. The molecule has 2 aromatic carbocycles. The number of carbonyl (C=O) groups is 1. The van der Waals surface area contributed by atoms with Gasteiger partial charge in [-0.05, 0) is 43.7 Å². The monoisotopic (exact) mass is 465 g/mol. The van der Waals surface area contributed by atoms with Crippen LogP contribution in [0.25, 0.3) is 15.9 Å². The highest BCUT2D eigenvalue weighted by Gasteiger charge is 2.18. The zero-order chi connectivity index (χ0) is 22.5. The van der Waals surface area contributed by atoms with E-state index in [1.807, 2.05) is 74.5 Å². The number of hydrogen-bond acceptors (Lipinski definition) is 6. The second-order valence-electron chi connectivity index (χ2n) is 7.13. The maximum Gasteiger partial charge on any atom is 0.267 e. The molecule has 0 bridgehead atoms. The maximum atomic E-state index is 13.4. The molecule has 0 fully saturated rings. The van der Waals surface area contributed by atoms with E-state index >= 15 is 0 Å². The predicted molar refractivity (Wildman–Crippen MR) is 130 cm³/mol. The van der Waals surface area contributed by atoms with Crippen LogP contribution in [-0.2, 0) is 4.79 Å². The molecule has 4 aromatic rings. The van der Waals surface area contributed by atoms with Crippen LogP contribution in [0.5, 0.6) is 5.75 Å². The van der Waals surface area contributed by atoms with Crippen molar-refractivity contribution in [2.75, 3.05) is 18.9 Å². The number of hydrogen-bond donors (Lipinski definition) is 1. The van der Waals surface area contributed by atoms with Crippen LogP contribution in [0.4, 0.5) is 0 Å². The van der Waals surface area contributed by atoms with Crippen LogP contribution in [0.1, 0.15) is 10.4 Å². The molecule has 2 aromatic heterocycles. The minimum Gasteiger partial charge on any atom is -0.492 e. The van der Waals surface area contributed by atoms with Gasteiger partial charge < -0.3 is 10.1 Å². The Kier molecular flexibility index (Phi) is 6.92. The van der Waals surface area contributed by atoms with E-state index < -0.39 is 0 Å². The fourth-order valence-corrected chi connectivity index (χ4v) is 5.15. The van der Waals surface area contributed by atoms with Crippen molar-refractivity contribution in [2.45, 2.75) is 19.0 Å². The summed E-state index contributed by atoms with van der Waals surface area (Å²) in [6.07, 6.45) is 0. The highest BCUT2D eigenvalue weighted by molar-refractivity contribution is 7.99. The molecule has 8 heteroatoms. The number of thioether (sulfide) groups is 1. The summed E-state index contributed by atoms with van der Waals surface area (Å²) in [5.41, 5.74) is 1.58. The van der Waals surface area contributed by atoms with Crippen molar-refractivity contribution in [1.29, 1.82) is 0 Å². The lowest BCUT2D eigenvalue weighted by Crippen LogP contribution is -2.30. The average molecular weight is 466 g/mol. The van der Waals surface area contributed by atoms with E-state index in [2.05, 4.69) is 5.32 Å². The second kappa shape index (κ2) is 10.0. The van der Waals surface area contributed by atoms with Crippen molar-refractivity contribution < 1.29 is 9.53 Å². The molecule has 0 unspecified atom stereocenters. The van der Waals surface area contributed by atoms with Gasteiger partial charge >= 0.3 is 0 Å². The number of fused-ring (bicyclic) bond motifs is 1. The topological polar surface area (TPSA) is 73.2 Å². The van der Waals surface area contributed by atoms with Crippen LogP contribution in [0.15, 0.2) is 70.6 Å². The van der Waals surface area contributed by atoms with Gasteiger partial charge in [-0.15, -0.1) is 11.3 Å². The third-order valence-electron chi connectivity index (χ3n) is 4.96. The zero-order valence-electron chi connectivity index (χ0n) is 17.8. The van der Waals surface area contributed by atoms with Gasteiger partial charge in [0.2, 0.25) is 5.91 Å². The van der Waals surface area contributed by atoms with Crippen LogP contribution in [0.3, 0.4) is 0 Å². The van der Waals surface area contributed by atoms with Crippen molar-refractivity contribution in [2.24, 2.45) is 0 Å². The van der Waals surface area contributed by atoms with E-state index in [1.165, 1.54) is 23.1 Å². The minimum atomic E-state index is -0.140. The molecule has 0 aliphatic rings. The van der Waals surface area contributed by atoms with Crippen molar-refractivity contribution in [3.05, 3.63) is 81.5 Å². The average Bonchev–Trinajstić information content (AvgIpc) is 3.10. The highest BCUT2D eigenvalue weighted by atomic mass is 32.2. The van der Waals surface area contributed by atoms with Gasteiger partial charge in [-0.3, -0.25) is 14.2 Å². The normalized spacial score (nSPS) is 10.9.